The van der Waals surface area contributed by atoms with Crippen LogP contribution in [0.2, 0.25) is 18.1 Å². The summed E-state index contributed by atoms with van der Waals surface area (Å²) in [7, 11) is -1.37. The Balaban J connectivity index is 4.51. The van der Waals surface area contributed by atoms with Gasteiger partial charge in [0.25, 0.3) is 0 Å². The molecule has 0 aromatic carbocycles. The standard InChI is InChI=1S/C10H24N2Si/c1-7-13(8-2,9-3)12-11-10(4,5)6/h7-9H2,1-6H3/b12-11+. The van der Waals surface area contributed by atoms with E-state index in [2.05, 4.69) is 51.4 Å². The summed E-state index contributed by atoms with van der Waals surface area (Å²) < 4.78 is 4.65. The van der Waals surface area contributed by atoms with Crippen LogP contribution >= 0.6 is 0 Å². The van der Waals surface area contributed by atoms with Crippen molar-refractivity contribution in [1.29, 1.82) is 0 Å². The summed E-state index contributed by atoms with van der Waals surface area (Å²) in [6.07, 6.45) is 0. The third-order valence-corrected chi connectivity index (χ3v) is 7.01. The van der Waals surface area contributed by atoms with Gasteiger partial charge in [0.2, 0.25) is 8.24 Å². The molecule has 78 valence electrons. The SMILES string of the molecule is CC[Si](CC)(CC)/N=N/C(C)(C)C. The molecule has 0 spiro atoms. The predicted octanol–water partition coefficient (Wildman–Crippen LogP) is 4.24. The van der Waals surface area contributed by atoms with E-state index in [1.54, 1.807) is 0 Å². The Bertz CT molecular complexity index is 158. The van der Waals surface area contributed by atoms with Crippen LogP contribution in [0.25, 0.3) is 0 Å². The third-order valence-electron chi connectivity index (χ3n) is 2.54. The van der Waals surface area contributed by atoms with E-state index in [1.165, 1.54) is 18.1 Å². The minimum atomic E-state index is -1.37. The monoisotopic (exact) mass is 200 g/mol. The lowest BCUT2D eigenvalue weighted by atomic mass is 10.1. The highest BCUT2D eigenvalue weighted by atomic mass is 28.3. The van der Waals surface area contributed by atoms with Gasteiger partial charge in [0.15, 0.2) is 0 Å². The molecular weight excluding hydrogens is 176 g/mol. The van der Waals surface area contributed by atoms with E-state index in [4.69, 9.17) is 0 Å². The highest BCUT2D eigenvalue weighted by Gasteiger charge is 2.28. The smallest absolute Gasteiger partial charge is 0.208 e. The molecule has 0 heterocycles. The molecule has 0 amide bonds. The highest BCUT2D eigenvalue weighted by Crippen LogP contribution is 2.23. The van der Waals surface area contributed by atoms with E-state index in [0.717, 1.165) is 0 Å². The minimum absolute atomic E-state index is 0.00222. The molecule has 0 aromatic rings. The molecule has 13 heavy (non-hydrogen) atoms. The van der Waals surface area contributed by atoms with Crippen LogP contribution in [0.3, 0.4) is 0 Å². The second-order valence-corrected chi connectivity index (χ2v) is 9.43. The van der Waals surface area contributed by atoms with Gasteiger partial charge in [0.05, 0.1) is 5.54 Å². The van der Waals surface area contributed by atoms with E-state index in [-0.39, 0.29) is 5.54 Å². The van der Waals surface area contributed by atoms with Crippen molar-refractivity contribution in [3.05, 3.63) is 0 Å². The van der Waals surface area contributed by atoms with Gasteiger partial charge in [-0.05, 0) is 38.9 Å². The number of nitrogens with zero attached hydrogens (tertiary/aromatic N) is 2. The van der Waals surface area contributed by atoms with E-state index in [1.807, 2.05) is 0 Å². The first-order chi connectivity index (χ1) is 5.89. The van der Waals surface area contributed by atoms with Gasteiger partial charge < -0.3 is 0 Å². The van der Waals surface area contributed by atoms with Crippen LogP contribution in [0.5, 0.6) is 0 Å². The second kappa shape index (κ2) is 4.89. The van der Waals surface area contributed by atoms with Crippen LogP contribution in [-0.2, 0) is 0 Å². The van der Waals surface area contributed by atoms with Crippen molar-refractivity contribution in [3.63, 3.8) is 0 Å². The number of hydrogen-bond donors (Lipinski definition) is 0. The molecule has 0 rings (SSSR count). The molecule has 0 aliphatic carbocycles. The molecule has 0 N–H and O–H groups in total. The van der Waals surface area contributed by atoms with Crippen LogP contribution in [0.4, 0.5) is 0 Å². The summed E-state index contributed by atoms with van der Waals surface area (Å²) >= 11 is 0. The van der Waals surface area contributed by atoms with Crippen LogP contribution in [-0.4, -0.2) is 13.8 Å². The Morgan fingerprint density at radius 3 is 1.54 bits per heavy atom. The van der Waals surface area contributed by atoms with Gasteiger partial charge in [0, 0.05) is 0 Å². The van der Waals surface area contributed by atoms with Crippen molar-refractivity contribution < 1.29 is 0 Å². The van der Waals surface area contributed by atoms with E-state index in [9.17, 15) is 0 Å². The number of hydrogen-bond acceptors (Lipinski definition) is 2. The molecule has 0 saturated carbocycles. The van der Waals surface area contributed by atoms with Crippen LogP contribution < -0.4 is 0 Å². The molecule has 0 radical (unpaired) electrons. The molecule has 0 bridgehead atoms. The lowest BCUT2D eigenvalue weighted by Gasteiger charge is -2.22. The van der Waals surface area contributed by atoms with Gasteiger partial charge in [-0.25, -0.2) is 4.78 Å². The fourth-order valence-electron chi connectivity index (χ4n) is 1.22. The Kier molecular flexibility index (Phi) is 4.82. The first-order valence-corrected chi connectivity index (χ1v) is 7.90. The summed E-state index contributed by atoms with van der Waals surface area (Å²) in [6, 6.07) is 3.67. The molecular formula is C10H24N2Si. The molecule has 0 fully saturated rings. The van der Waals surface area contributed by atoms with E-state index in [0.29, 0.717) is 0 Å². The molecule has 0 aromatic heterocycles. The van der Waals surface area contributed by atoms with Crippen LogP contribution in [0.15, 0.2) is 9.89 Å². The summed E-state index contributed by atoms with van der Waals surface area (Å²) in [4.78, 5) is 0. The van der Waals surface area contributed by atoms with Gasteiger partial charge >= 0.3 is 0 Å². The van der Waals surface area contributed by atoms with Gasteiger partial charge in [-0.1, -0.05) is 20.8 Å². The average molecular weight is 200 g/mol. The third kappa shape index (κ3) is 4.55. The topological polar surface area (TPSA) is 24.7 Å². The fraction of sp³-hybridized carbons (Fsp3) is 1.00. The van der Waals surface area contributed by atoms with Crippen molar-refractivity contribution in [2.24, 2.45) is 9.89 Å². The summed E-state index contributed by atoms with van der Waals surface area (Å²) in [5.41, 5.74) is -0.00222. The molecule has 0 unspecified atom stereocenters. The summed E-state index contributed by atoms with van der Waals surface area (Å²) in [5.74, 6) is 0. The van der Waals surface area contributed by atoms with Crippen LogP contribution in [0.1, 0.15) is 41.5 Å². The maximum absolute atomic E-state index is 4.65. The lowest BCUT2D eigenvalue weighted by Crippen LogP contribution is -2.29. The van der Waals surface area contributed by atoms with Crippen molar-refractivity contribution in [3.8, 4) is 0 Å². The predicted molar refractivity (Wildman–Crippen MR) is 61.8 cm³/mol. The Morgan fingerprint density at radius 2 is 1.31 bits per heavy atom. The first kappa shape index (κ1) is 12.8. The van der Waals surface area contributed by atoms with E-state index < -0.39 is 8.24 Å². The zero-order valence-corrected chi connectivity index (χ0v) is 11.0. The van der Waals surface area contributed by atoms with E-state index >= 15 is 0 Å². The zero-order valence-electron chi connectivity index (χ0n) is 10.0. The van der Waals surface area contributed by atoms with Gasteiger partial charge in [-0.2, -0.15) is 5.11 Å². The van der Waals surface area contributed by atoms with Crippen molar-refractivity contribution in [2.45, 2.75) is 65.2 Å². The average Bonchev–Trinajstić information content (AvgIpc) is 2.06. The number of rotatable bonds is 4. The van der Waals surface area contributed by atoms with Gasteiger partial charge in [0.1, 0.15) is 0 Å². The first-order valence-electron chi connectivity index (χ1n) is 5.33. The van der Waals surface area contributed by atoms with Crippen LogP contribution in [0, 0.1) is 0 Å². The lowest BCUT2D eigenvalue weighted by molar-refractivity contribution is 0.553. The van der Waals surface area contributed by atoms with Crippen molar-refractivity contribution in [2.75, 3.05) is 0 Å². The molecule has 0 aliphatic rings. The Morgan fingerprint density at radius 1 is 0.923 bits per heavy atom. The molecule has 0 aliphatic heterocycles. The summed E-state index contributed by atoms with van der Waals surface area (Å²) in [6.45, 7) is 13.1. The second-order valence-electron chi connectivity index (χ2n) is 4.66. The van der Waals surface area contributed by atoms with Gasteiger partial charge in [-0.3, -0.25) is 0 Å². The molecule has 3 heteroatoms. The fourth-order valence-corrected chi connectivity index (χ4v) is 3.65. The molecule has 0 saturated heterocycles. The van der Waals surface area contributed by atoms with Crippen molar-refractivity contribution in [1.82, 2.24) is 0 Å². The highest BCUT2D eigenvalue weighted by molar-refractivity contribution is 6.77. The maximum atomic E-state index is 4.65. The Hall–Kier alpha value is -0.183. The van der Waals surface area contributed by atoms with Gasteiger partial charge in [-0.15, -0.1) is 0 Å². The minimum Gasteiger partial charge on any atom is -0.238 e. The quantitative estimate of drug-likeness (QED) is 0.479. The largest absolute Gasteiger partial charge is 0.238 e. The Labute approximate surface area is 83.9 Å². The molecule has 0 atom stereocenters. The maximum Gasteiger partial charge on any atom is 0.208 e. The molecule has 2 nitrogen and oxygen atoms in total. The summed E-state index contributed by atoms with van der Waals surface area (Å²) in [5, 5.41) is 4.43. The van der Waals surface area contributed by atoms with Crippen molar-refractivity contribution >= 4 is 8.24 Å². The zero-order chi connectivity index (χ0) is 10.5. The normalized spacial score (nSPS) is 14.0.